The van der Waals surface area contributed by atoms with Crippen molar-refractivity contribution >= 4 is 17.9 Å². The molecule has 3 atom stereocenters. The van der Waals surface area contributed by atoms with E-state index in [2.05, 4.69) is 4.74 Å². The van der Waals surface area contributed by atoms with Crippen LogP contribution < -0.4 is 11.5 Å². The highest BCUT2D eigenvalue weighted by atomic mass is 16.6. The van der Waals surface area contributed by atoms with Gasteiger partial charge in [-0.05, 0) is 6.92 Å². The van der Waals surface area contributed by atoms with Crippen molar-refractivity contribution in [3.05, 3.63) is 0 Å². The van der Waals surface area contributed by atoms with Gasteiger partial charge in [-0.2, -0.15) is 0 Å². The number of ether oxygens (including phenoxy) is 1. The Morgan fingerprint density at radius 1 is 1.25 bits per heavy atom. The van der Waals surface area contributed by atoms with Crippen molar-refractivity contribution in [1.82, 2.24) is 0 Å². The molecule has 0 saturated heterocycles. The van der Waals surface area contributed by atoms with Crippen LogP contribution in [0.25, 0.3) is 0 Å². The first kappa shape index (κ1) is 14.5. The van der Waals surface area contributed by atoms with E-state index in [0.717, 1.165) is 0 Å². The van der Waals surface area contributed by atoms with Crippen LogP contribution in [0.5, 0.6) is 0 Å². The molecule has 0 aromatic heterocycles. The molecule has 0 radical (unpaired) electrons. The molecule has 16 heavy (non-hydrogen) atoms. The Labute approximate surface area is 91.2 Å². The average molecular weight is 234 g/mol. The summed E-state index contributed by atoms with van der Waals surface area (Å²) in [7, 11) is 0. The van der Waals surface area contributed by atoms with Crippen LogP contribution in [0.4, 0.5) is 0 Å². The first-order valence-corrected chi connectivity index (χ1v) is 4.42. The molecule has 6 N–H and O–H groups in total. The van der Waals surface area contributed by atoms with Crippen LogP contribution in [0.15, 0.2) is 0 Å². The first-order chi connectivity index (χ1) is 7.25. The summed E-state index contributed by atoms with van der Waals surface area (Å²) in [5.74, 6) is -3.64. The summed E-state index contributed by atoms with van der Waals surface area (Å²) in [4.78, 5) is 32.3. The Morgan fingerprint density at radius 3 is 2.12 bits per heavy atom. The molecule has 0 rings (SSSR count). The van der Waals surface area contributed by atoms with Gasteiger partial charge in [-0.3, -0.25) is 4.79 Å². The molecule has 0 aliphatic carbocycles. The van der Waals surface area contributed by atoms with Gasteiger partial charge in [0.25, 0.3) is 0 Å². The van der Waals surface area contributed by atoms with Crippen molar-refractivity contribution in [2.75, 3.05) is 0 Å². The topological polar surface area (TPSA) is 153 Å². The molecule has 0 saturated carbocycles. The Kier molecular flexibility index (Phi) is 5.57. The van der Waals surface area contributed by atoms with Crippen molar-refractivity contribution in [3.63, 3.8) is 0 Å². The molecule has 0 bridgehead atoms. The molecular formula is C8H14N2O6. The quantitative estimate of drug-likeness (QED) is 0.302. The standard InChI is InChI=1S/C8H14N2O6/c1-3(11)6(10)8(15)16-7(14)4(9)2-5(12)13/h3-4,6,11H,2,9-10H2,1H3,(H,12,13)/t3-,4+,6+/m1/s1. The molecule has 0 aromatic carbocycles. The summed E-state index contributed by atoms with van der Waals surface area (Å²) >= 11 is 0. The second-order valence-electron chi connectivity index (χ2n) is 3.21. The number of hydrogen-bond acceptors (Lipinski definition) is 7. The van der Waals surface area contributed by atoms with Crippen molar-refractivity contribution in [1.29, 1.82) is 0 Å². The monoisotopic (exact) mass is 234 g/mol. The zero-order valence-corrected chi connectivity index (χ0v) is 8.62. The zero-order chi connectivity index (χ0) is 12.9. The molecule has 0 amide bonds. The second kappa shape index (κ2) is 6.16. The minimum absolute atomic E-state index is 0.657. The molecule has 8 heteroatoms. The van der Waals surface area contributed by atoms with E-state index in [1.807, 2.05) is 0 Å². The number of aliphatic hydroxyl groups is 1. The van der Waals surface area contributed by atoms with Crippen LogP contribution in [-0.4, -0.2) is 46.3 Å². The number of esters is 2. The number of carboxylic acid groups (broad SMARTS) is 1. The fraction of sp³-hybridized carbons (Fsp3) is 0.625. The number of rotatable bonds is 5. The molecule has 0 heterocycles. The lowest BCUT2D eigenvalue weighted by Crippen LogP contribution is -2.45. The van der Waals surface area contributed by atoms with E-state index in [1.165, 1.54) is 6.92 Å². The lowest BCUT2D eigenvalue weighted by atomic mass is 10.2. The third kappa shape index (κ3) is 4.82. The second-order valence-corrected chi connectivity index (χ2v) is 3.21. The molecule has 0 fully saturated rings. The SMILES string of the molecule is C[C@@H](O)[C@H](N)C(=O)OC(=O)[C@@H](N)CC(=O)O. The smallest absolute Gasteiger partial charge is 0.333 e. The molecule has 0 spiro atoms. The third-order valence-electron chi connectivity index (χ3n) is 1.69. The Hall–Kier alpha value is -1.51. The number of aliphatic hydroxyl groups excluding tert-OH is 1. The summed E-state index contributed by atoms with van der Waals surface area (Å²) in [6.07, 6.45) is -1.84. The molecule has 0 aliphatic heterocycles. The fourth-order valence-electron chi connectivity index (χ4n) is 0.711. The number of aliphatic carboxylic acids is 1. The highest BCUT2D eigenvalue weighted by molar-refractivity contribution is 5.92. The highest BCUT2D eigenvalue weighted by Crippen LogP contribution is 1.97. The van der Waals surface area contributed by atoms with Gasteiger partial charge in [-0.1, -0.05) is 0 Å². The van der Waals surface area contributed by atoms with Gasteiger partial charge in [0.2, 0.25) is 0 Å². The summed E-state index contributed by atoms with van der Waals surface area (Å²) in [6, 6.07) is -2.82. The van der Waals surface area contributed by atoms with Gasteiger partial charge in [-0.25, -0.2) is 9.59 Å². The van der Waals surface area contributed by atoms with Crippen LogP contribution in [0, 0.1) is 0 Å². The summed E-state index contributed by atoms with van der Waals surface area (Å²) < 4.78 is 4.18. The van der Waals surface area contributed by atoms with E-state index in [9.17, 15) is 14.4 Å². The van der Waals surface area contributed by atoms with Gasteiger partial charge in [0.05, 0.1) is 12.5 Å². The van der Waals surface area contributed by atoms with Crippen LogP contribution in [0.1, 0.15) is 13.3 Å². The van der Waals surface area contributed by atoms with Gasteiger partial charge < -0.3 is 26.4 Å². The predicted octanol–water partition coefficient (Wildman–Crippen LogP) is -2.43. The third-order valence-corrected chi connectivity index (χ3v) is 1.69. The van der Waals surface area contributed by atoms with Crippen LogP contribution >= 0.6 is 0 Å². The Bertz CT molecular complexity index is 290. The molecule has 92 valence electrons. The molecule has 0 unspecified atom stereocenters. The normalized spacial score (nSPS) is 16.0. The van der Waals surface area contributed by atoms with E-state index in [0.29, 0.717) is 0 Å². The van der Waals surface area contributed by atoms with Crippen molar-refractivity contribution in [3.8, 4) is 0 Å². The maximum atomic E-state index is 11.1. The van der Waals surface area contributed by atoms with Crippen molar-refractivity contribution in [2.24, 2.45) is 11.5 Å². The van der Waals surface area contributed by atoms with Gasteiger partial charge >= 0.3 is 17.9 Å². The summed E-state index contributed by atoms with van der Waals surface area (Å²) in [6.45, 7) is 1.24. The summed E-state index contributed by atoms with van der Waals surface area (Å²) in [5.41, 5.74) is 10.3. The molecule has 0 aromatic rings. The number of carboxylic acids is 1. The number of hydrogen-bond donors (Lipinski definition) is 4. The van der Waals surface area contributed by atoms with Crippen molar-refractivity contribution in [2.45, 2.75) is 31.5 Å². The first-order valence-electron chi connectivity index (χ1n) is 4.42. The maximum absolute atomic E-state index is 11.1. The minimum atomic E-state index is -1.44. The minimum Gasteiger partial charge on any atom is -0.481 e. The van der Waals surface area contributed by atoms with E-state index in [4.69, 9.17) is 21.7 Å². The number of carbonyl (C=O) groups excluding carboxylic acids is 2. The van der Waals surface area contributed by atoms with Crippen molar-refractivity contribution < 1.29 is 29.3 Å². The number of nitrogens with two attached hydrogens (primary N) is 2. The zero-order valence-electron chi connectivity index (χ0n) is 8.62. The van der Waals surface area contributed by atoms with E-state index >= 15 is 0 Å². The fourth-order valence-corrected chi connectivity index (χ4v) is 0.711. The molecule has 0 aliphatic rings. The van der Waals surface area contributed by atoms with Gasteiger partial charge in [0, 0.05) is 0 Å². The van der Waals surface area contributed by atoms with Crippen LogP contribution in [0.3, 0.4) is 0 Å². The van der Waals surface area contributed by atoms with Gasteiger partial charge in [0.15, 0.2) is 0 Å². The van der Waals surface area contributed by atoms with Gasteiger partial charge in [0.1, 0.15) is 12.1 Å². The van der Waals surface area contributed by atoms with E-state index in [1.54, 1.807) is 0 Å². The summed E-state index contributed by atoms with van der Waals surface area (Å²) in [5, 5.41) is 17.3. The molecule has 8 nitrogen and oxygen atoms in total. The maximum Gasteiger partial charge on any atom is 0.333 e. The largest absolute Gasteiger partial charge is 0.481 e. The lowest BCUT2D eigenvalue weighted by Gasteiger charge is -2.14. The average Bonchev–Trinajstić information content (AvgIpc) is 2.14. The Morgan fingerprint density at radius 2 is 1.75 bits per heavy atom. The van der Waals surface area contributed by atoms with E-state index < -0.39 is 42.5 Å². The number of carbonyl (C=O) groups is 3. The molecular weight excluding hydrogens is 220 g/mol. The highest BCUT2D eigenvalue weighted by Gasteiger charge is 2.26. The van der Waals surface area contributed by atoms with E-state index in [-0.39, 0.29) is 0 Å². The Balaban J connectivity index is 4.24. The van der Waals surface area contributed by atoms with Gasteiger partial charge in [-0.15, -0.1) is 0 Å². The van der Waals surface area contributed by atoms with Crippen LogP contribution in [-0.2, 0) is 19.1 Å². The predicted molar refractivity (Wildman–Crippen MR) is 51.0 cm³/mol. The van der Waals surface area contributed by atoms with Crippen LogP contribution in [0.2, 0.25) is 0 Å². The lowest BCUT2D eigenvalue weighted by molar-refractivity contribution is -0.164.